The summed E-state index contributed by atoms with van der Waals surface area (Å²) in [4.78, 5) is 14.4. The van der Waals surface area contributed by atoms with Crippen molar-refractivity contribution in [3.8, 4) is 0 Å². The van der Waals surface area contributed by atoms with Gasteiger partial charge in [-0.2, -0.15) is 0 Å². The van der Waals surface area contributed by atoms with Crippen molar-refractivity contribution in [2.75, 3.05) is 13.1 Å². The Balaban J connectivity index is 0.00000176. The van der Waals surface area contributed by atoms with Gasteiger partial charge < -0.3 is 10.2 Å². The largest absolute Gasteiger partial charge is 0.341 e. The fourth-order valence-corrected chi connectivity index (χ4v) is 3.25. The van der Waals surface area contributed by atoms with E-state index in [9.17, 15) is 4.79 Å². The molecule has 1 amide bonds. The van der Waals surface area contributed by atoms with Crippen LogP contribution in [-0.4, -0.2) is 36.0 Å². The molecule has 1 atom stereocenters. The predicted octanol–water partition coefficient (Wildman–Crippen LogP) is 3.03. The van der Waals surface area contributed by atoms with Gasteiger partial charge in [-0.05, 0) is 50.5 Å². The Kier molecular flexibility index (Phi) is 6.27. The Morgan fingerprint density at radius 2 is 1.82 bits per heavy atom. The highest BCUT2D eigenvalue weighted by Crippen LogP contribution is 2.23. The zero-order valence-electron chi connectivity index (χ0n) is 13.3. The third kappa shape index (κ3) is 4.72. The van der Waals surface area contributed by atoms with Gasteiger partial charge in [0.1, 0.15) is 0 Å². The van der Waals surface area contributed by atoms with Gasteiger partial charge in [0.2, 0.25) is 5.91 Å². The zero-order chi connectivity index (χ0) is 14.7. The second kappa shape index (κ2) is 7.98. The van der Waals surface area contributed by atoms with Crippen LogP contribution in [0.5, 0.6) is 0 Å². The molecule has 1 aromatic rings. The summed E-state index contributed by atoms with van der Waals surface area (Å²) in [6.07, 6.45) is 5.89. The minimum absolute atomic E-state index is 0. The highest BCUT2D eigenvalue weighted by molar-refractivity contribution is 5.85. The first kappa shape index (κ1) is 17.3. The zero-order valence-corrected chi connectivity index (χ0v) is 14.1. The van der Waals surface area contributed by atoms with E-state index in [1.807, 2.05) is 6.92 Å². The fourth-order valence-electron chi connectivity index (χ4n) is 3.25. The lowest BCUT2D eigenvalue weighted by molar-refractivity contribution is -0.134. The van der Waals surface area contributed by atoms with E-state index in [1.165, 1.54) is 18.4 Å². The summed E-state index contributed by atoms with van der Waals surface area (Å²) in [7, 11) is 0. The van der Waals surface area contributed by atoms with E-state index in [0.29, 0.717) is 11.9 Å². The quantitative estimate of drug-likeness (QED) is 0.903. The Morgan fingerprint density at radius 3 is 2.41 bits per heavy atom. The van der Waals surface area contributed by atoms with Gasteiger partial charge in [0.05, 0.1) is 6.04 Å². The topological polar surface area (TPSA) is 32.3 Å². The molecule has 1 aliphatic carbocycles. The summed E-state index contributed by atoms with van der Waals surface area (Å²) in [5.41, 5.74) is 1.42. The molecule has 1 saturated carbocycles. The number of carbonyl (C=O) groups is 1. The first-order valence-electron chi connectivity index (χ1n) is 8.31. The van der Waals surface area contributed by atoms with Crippen molar-refractivity contribution in [3.63, 3.8) is 0 Å². The van der Waals surface area contributed by atoms with Crippen LogP contribution in [0.1, 0.15) is 38.2 Å². The summed E-state index contributed by atoms with van der Waals surface area (Å²) < 4.78 is 0. The second-order valence-electron chi connectivity index (χ2n) is 6.62. The van der Waals surface area contributed by atoms with Crippen LogP contribution in [-0.2, 0) is 11.2 Å². The molecule has 4 heteroatoms. The van der Waals surface area contributed by atoms with E-state index >= 15 is 0 Å². The molecule has 3 rings (SSSR count). The number of amides is 1. The number of rotatable bonds is 5. The van der Waals surface area contributed by atoms with Crippen molar-refractivity contribution in [3.05, 3.63) is 35.9 Å². The molecule has 0 radical (unpaired) electrons. The lowest BCUT2D eigenvalue weighted by Crippen LogP contribution is -2.48. The van der Waals surface area contributed by atoms with Gasteiger partial charge in [-0.1, -0.05) is 30.3 Å². The minimum atomic E-state index is -0.0110. The molecular formula is C18H27ClN2O. The Morgan fingerprint density at radius 1 is 1.18 bits per heavy atom. The van der Waals surface area contributed by atoms with Crippen molar-refractivity contribution in [1.29, 1.82) is 0 Å². The highest BCUT2D eigenvalue weighted by atomic mass is 35.5. The van der Waals surface area contributed by atoms with Crippen LogP contribution in [0.25, 0.3) is 0 Å². The van der Waals surface area contributed by atoms with Gasteiger partial charge in [-0.15, -0.1) is 12.4 Å². The highest BCUT2D eigenvalue weighted by Gasteiger charge is 2.30. The Bertz CT molecular complexity index is 467. The Hall–Kier alpha value is -1.06. The monoisotopic (exact) mass is 322 g/mol. The number of hydrogen-bond acceptors (Lipinski definition) is 2. The molecule has 3 nitrogen and oxygen atoms in total. The number of likely N-dealkylation sites (tertiary alicyclic amines) is 1. The van der Waals surface area contributed by atoms with Crippen molar-refractivity contribution < 1.29 is 4.79 Å². The summed E-state index contributed by atoms with van der Waals surface area (Å²) in [6.45, 7) is 3.86. The fraction of sp³-hybridized carbons (Fsp3) is 0.611. The van der Waals surface area contributed by atoms with Crippen molar-refractivity contribution >= 4 is 18.3 Å². The maximum absolute atomic E-state index is 12.4. The van der Waals surface area contributed by atoms with Crippen LogP contribution in [0, 0.1) is 5.92 Å². The lowest BCUT2D eigenvalue weighted by Gasteiger charge is -2.34. The number of nitrogens with zero attached hydrogens (tertiary/aromatic N) is 1. The van der Waals surface area contributed by atoms with E-state index in [1.54, 1.807) is 0 Å². The standard InChI is InChI=1S/C18H26N2O.ClH/c1-14(19-17-7-8-17)18(21)20-11-9-16(10-12-20)13-15-5-3-2-4-6-15;/h2-6,14,16-17,19H,7-13H2,1H3;1H. The molecule has 2 fully saturated rings. The number of halogens is 1. The SMILES string of the molecule is CC(NC1CC1)C(=O)N1CCC(Cc2ccccc2)CC1.Cl. The number of piperidine rings is 1. The van der Waals surface area contributed by atoms with E-state index in [2.05, 4.69) is 40.5 Å². The van der Waals surface area contributed by atoms with Crippen molar-refractivity contribution in [2.45, 2.75) is 51.1 Å². The van der Waals surface area contributed by atoms with Crippen LogP contribution in [0.2, 0.25) is 0 Å². The Labute approximate surface area is 139 Å². The van der Waals surface area contributed by atoms with Gasteiger partial charge in [0.25, 0.3) is 0 Å². The van der Waals surface area contributed by atoms with Crippen LogP contribution in [0.4, 0.5) is 0 Å². The van der Waals surface area contributed by atoms with Gasteiger partial charge in [0.15, 0.2) is 0 Å². The molecule has 1 saturated heterocycles. The maximum atomic E-state index is 12.4. The van der Waals surface area contributed by atoms with Crippen molar-refractivity contribution in [2.24, 2.45) is 5.92 Å². The molecule has 1 aromatic carbocycles. The van der Waals surface area contributed by atoms with E-state index in [-0.39, 0.29) is 18.4 Å². The van der Waals surface area contributed by atoms with Gasteiger partial charge >= 0.3 is 0 Å². The number of benzene rings is 1. The summed E-state index contributed by atoms with van der Waals surface area (Å²) in [5.74, 6) is 1.02. The van der Waals surface area contributed by atoms with Crippen LogP contribution in [0.3, 0.4) is 0 Å². The van der Waals surface area contributed by atoms with E-state index < -0.39 is 0 Å². The van der Waals surface area contributed by atoms with E-state index in [4.69, 9.17) is 0 Å². The molecule has 2 aliphatic rings. The molecule has 1 heterocycles. The third-order valence-corrected chi connectivity index (χ3v) is 4.73. The van der Waals surface area contributed by atoms with Crippen LogP contribution < -0.4 is 5.32 Å². The smallest absolute Gasteiger partial charge is 0.239 e. The number of nitrogens with one attached hydrogen (secondary N) is 1. The van der Waals surface area contributed by atoms with E-state index in [0.717, 1.165) is 38.3 Å². The van der Waals surface area contributed by atoms with Crippen LogP contribution in [0.15, 0.2) is 30.3 Å². The van der Waals surface area contributed by atoms with Crippen molar-refractivity contribution in [1.82, 2.24) is 10.2 Å². The molecule has 1 aliphatic heterocycles. The molecule has 22 heavy (non-hydrogen) atoms. The minimum Gasteiger partial charge on any atom is -0.341 e. The molecule has 0 bridgehead atoms. The molecule has 1 unspecified atom stereocenters. The van der Waals surface area contributed by atoms with Gasteiger partial charge in [0, 0.05) is 19.1 Å². The molecule has 0 spiro atoms. The lowest BCUT2D eigenvalue weighted by atomic mass is 9.90. The second-order valence-corrected chi connectivity index (χ2v) is 6.62. The molecular weight excluding hydrogens is 296 g/mol. The molecule has 122 valence electrons. The first-order valence-corrected chi connectivity index (χ1v) is 8.31. The third-order valence-electron chi connectivity index (χ3n) is 4.73. The maximum Gasteiger partial charge on any atom is 0.239 e. The summed E-state index contributed by atoms with van der Waals surface area (Å²) in [5, 5.41) is 3.41. The number of hydrogen-bond donors (Lipinski definition) is 1. The normalized spacial score (nSPS) is 20.3. The molecule has 1 N–H and O–H groups in total. The number of carbonyl (C=O) groups excluding carboxylic acids is 1. The van der Waals surface area contributed by atoms with Gasteiger partial charge in [-0.25, -0.2) is 0 Å². The summed E-state index contributed by atoms with van der Waals surface area (Å²) in [6, 6.07) is 11.3. The average Bonchev–Trinajstić information content (AvgIpc) is 3.32. The predicted molar refractivity (Wildman–Crippen MR) is 92.3 cm³/mol. The first-order chi connectivity index (χ1) is 10.2. The van der Waals surface area contributed by atoms with Gasteiger partial charge in [-0.3, -0.25) is 4.79 Å². The van der Waals surface area contributed by atoms with Crippen LogP contribution >= 0.6 is 12.4 Å². The molecule has 0 aromatic heterocycles. The average molecular weight is 323 g/mol. The summed E-state index contributed by atoms with van der Waals surface area (Å²) >= 11 is 0.